The molecule has 0 saturated carbocycles. The van der Waals surface area contributed by atoms with Crippen molar-refractivity contribution in [1.82, 2.24) is 9.55 Å². The van der Waals surface area contributed by atoms with Gasteiger partial charge in [0.2, 0.25) is 0 Å². The maximum Gasteiger partial charge on any atom is 0.356 e. The number of anilines is 1. The fourth-order valence-electron chi connectivity index (χ4n) is 2.07. The van der Waals surface area contributed by atoms with Crippen molar-refractivity contribution < 1.29 is 14.3 Å². The molecular weight excluding hydrogens is 222 g/mol. The van der Waals surface area contributed by atoms with Crippen molar-refractivity contribution in [2.45, 2.75) is 13.1 Å². The predicted octanol–water partition coefficient (Wildman–Crippen LogP) is 1.19. The highest BCUT2D eigenvalue weighted by Gasteiger charge is 2.24. The first-order valence-corrected chi connectivity index (χ1v) is 5.31. The van der Waals surface area contributed by atoms with Crippen LogP contribution in [0.1, 0.15) is 16.2 Å². The smallest absolute Gasteiger partial charge is 0.356 e. The van der Waals surface area contributed by atoms with Gasteiger partial charge in [-0.3, -0.25) is 0 Å². The highest BCUT2D eigenvalue weighted by molar-refractivity contribution is 5.86. The Bertz CT molecular complexity index is 544. The van der Waals surface area contributed by atoms with Crippen molar-refractivity contribution in [3.63, 3.8) is 0 Å². The van der Waals surface area contributed by atoms with Gasteiger partial charge in [-0.2, -0.15) is 0 Å². The minimum atomic E-state index is -0.986. The van der Waals surface area contributed by atoms with E-state index in [1.54, 1.807) is 12.6 Å². The van der Waals surface area contributed by atoms with Crippen LogP contribution in [0.4, 0.5) is 5.88 Å². The number of hydrogen-bond acceptors (Lipinski definition) is 4. The van der Waals surface area contributed by atoms with Crippen LogP contribution in [0.2, 0.25) is 0 Å². The van der Waals surface area contributed by atoms with Gasteiger partial charge in [-0.05, 0) is 6.07 Å². The SMILES string of the molecule is O=C(O)c1ncn2c1CN(c1ccco1)CC2. The number of rotatable bonds is 2. The van der Waals surface area contributed by atoms with Crippen LogP contribution in [-0.4, -0.2) is 27.2 Å². The van der Waals surface area contributed by atoms with Crippen molar-refractivity contribution in [2.75, 3.05) is 11.4 Å². The van der Waals surface area contributed by atoms with E-state index in [0.29, 0.717) is 6.54 Å². The molecule has 6 heteroatoms. The standard InChI is InChI=1S/C11H11N3O3/c15-11(16)10-8-6-13(9-2-1-5-17-9)3-4-14(8)7-12-10/h1-2,5,7H,3-4,6H2,(H,15,16). The molecule has 0 atom stereocenters. The number of carboxylic acid groups (broad SMARTS) is 1. The molecule has 0 aliphatic carbocycles. The summed E-state index contributed by atoms with van der Waals surface area (Å²) in [5.74, 6) is -0.228. The van der Waals surface area contributed by atoms with Crippen LogP contribution in [-0.2, 0) is 13.1 Å². The number of carboxylic acids is 1. The number of carbonyl (C=O) groups is 1. The van der Waals surface area contributed by atoms with E-state index in [1.807, 2.05) is 21.6 Å². The number of nitrogens with zero attached hydrogens (tertiary/aromatic N) is 3. The molecule has 88 valence electrons. The molecule has 0 aromatic carbocycles. The van der Waals surface area contributed by atoms with Crippen molar-refractivity contribution >= 4 is 11.9 Å². The molecule has 17 heavy (non-hydrogen) atoms. The number of aromatic nitrogens is 2. The van der Waals surface area contributed by atoms with Crippen LogP contribution < -0.4 is 4.90 Å². The van der Waals surface area contributed by atoms with Crippen molar-refractivity contribution in [1.29, 1.82) is 0 Å². The summed E-state index contributed by atoms with van der Waals surface area (Å²) in [5, 5.41) is 9.03. The zero-order valence-electron chi connectivity index (χ0n) is 9.04. The molecule has 3 rings (SSSR count). The summed E-state index contributed by atoms with van der Waals surface area (Å²) >= 11 is 0. The maximum atomic E-state index is 11.0. The minimum Gasteiger partial charge on any atom is -0.476 e. The Labute approximate surface area is 97.1 Å². The summed E-state index contributed by atoms with van der Waals surface area (Å²) in [7, 11) is 0. The van der Waals surface area contributed by atoms with Gasteiger partial charge in [-0.15, -0.1) is 0 Å². The number of fused-ring (bicyclic) bond motifs is 1. The molecule has 0 radical (unpaired) electrons. The molecular formula is C11H11N3O3. The summed E-state index contributed by atoms with van der Waals surface area (Å²) in [6.45, 7) is 2.02. The predicted molar refractivity (Wildman–Crippen MR) is 58.9 cm³/mol. The van der Waals surface area contributed by atoms with Crippen molar-refractivity contribution in [3.05, 3.63) is 36.1 Å². The van der Waals surface area contributed by atoms with E-state index in [9.17, 15) is 4.79 Å². The van der Waals surface area contributed by atoms with E-state index in [4.69, 9.17) is 9.52 Å². The van der Waals surface area contributed by atoms with Crippen molar-refractivity contribution in [2.24, 2.45) is 0 Å². The summed E-state index contributed by atoms with van der Waals surface area (Å²) in [6, 6.07) is 3.69. The molecule has 3 heterocycles. The van der Waals surface area contributed by atoms with Gasteiger partial charge >= 0.3 is 5.97 Å². The average molecular weight is 233 g/mol. The summed E-state index contributed by atoms with van der Waals surface area (Å²) < 4.78 is 7.19. The Hall–Kier alpha value is -2.24. The molecule has 0 bridgehead atoms. The third-order valence-corrected chi connectivity index (χ3v) is 2.92. The van der Waals surface area contributed by atoms with Crippen LogP contribution in [0.3, 0.4) is 0 Å². The third kappa shape index (κ3) is 1.57. The fraction of sp³-hybridized carbons (Fsp3) is 0.273. The molecule has 1 N–H and O–H groups in total. The van der Waals surface area contributed by atoms with E-state index in [1.165, 1.54) is 0 Å². The zero-order chi connectivity index (χ0) is 11.8. The van der Waals surface area contributed by atoms with E-state index in [0.717, 1.165) is 24.7 Å². The molecule has 1 aliphatic heterocycles. The Morgan fingerprint density at radius 1 is 1.47 bits per heavy atom. The van der Waals surface area contributed by atoms with Crippen LogP contribution in [0.5, 0.6) is 0 Å². The number of aromatic carboxylic acids is 1. The second kappa shape index (κ2) is 3.65. The third-order valence-electron chi connectivity index (χ3n) is 2.92. The van der Waals surface area contributed by atoms with Crippen molar-refractivity contribution in [3.8, 4) is 0 Å². The average Bonchev–Trinajstić information content (AvgIpc) is 2.97. The Kier molecular flexibility index (Phi) is 2.14. The molecule has 0 unspecified atom stereocenters. The van der Waals surface area contributed by atoms with Crippen LogP contribution >= 0.6 is 0 Å². The molecule has 0 spiro atoms. The molecule has 6 nitrogen and oxygen atoms in total. The lowest BCUT2D eigenvalue weighted by Crippen LogP contribution is -2.33. The van der Waals surface area contributed by atoms with Gasteiger partial charge in [0.25, 0.3) is 0 Å². The van der Waals surface area contributed by atoms with Gasteiger partial charge in [0.05, 0.1) is 24.8 Å². The molecule has 2 aromatic rings. The second-order valence-corrected chi connectivity index (χ2v) is 3.91. The Morgan fingerprint density at radius 3 is 3.06 bits per heavy atom. The van der Waals surface area contributed by atoms with Crippen LogP contribution in [0.25, 0.3) is 0 Å². The van der Waals surface area contributed by atoms with E-state index < -0.39 is 5.97 Å². The van der Waals surface area contributed by atoms with Gasteiger partial charge in [0.1, 0.15) is 0 Å². The first kappa shape index (κ1) is 9.95. The Morgan fingerprint density at radius 2 is 2.35 bits per heavy atom. The van der Waals surface area contributed by atoms with Crippen LogP contribution in [0.15, 0.2) is 29.1 Å². The minimum absolute atomic E-state index is 0.126. The van der Waals surface area contributed by atoms with Gasteiger partial charge in [-0.25, -0.2) is 9.78 Å². The molecule has 0 saturated heterocycles. The largest absolute Gasteiger partial charge is 0.476 e. The van der Waals surface area contributed by atoms with Gasteiger partial charge in [0, 0.05) is 19.2 Å². The fourth-order valence-corrected chi connectivity index (χ4v) is 2.07. The first-order valence-electron chi connectivity index (χ1n) is 5.31. The topological polar surface area (TPSA) is 71.5 Å². The van der Waals surface area contributed by atoms with E-state index in [-0.39, 0.29) is 5.69 Å². The first-order chi connectivity index (χ1) is 8.25. The molecule has 0 fully saturated rings. The zero-order valence-corrected chi connectivity index (χ0v) is 9.04. The molecule has 0 amide bonds. The Balaban J connectivity index is 1.94. The van der Waals surface area contributed by atoms with Gasteiger partial charge < -0.3 is 19.0 Å². The molecule has 2 aromatic heterocycles. The lowest BCUT2D eigenvalue weighted by atomic mass is 10.2. The normalized spacial score (nSPS) is 14.7. The lowest BCUT2D eigenvalue weighted by Gasteiger charge is -2.27. The van der Waals surface area contributed by atoms with E-state index >= 15 is 0 Å². The molecule has 1 aliphatic rings. The van der Waals surface area contributed by atoms with Gasteiger partial charge in [-0.1, -0.05) is 0 Å². The van der Waals surface area contributed by atoms with E-state index in [2.05, 4.69) is 4.98 Å². The van der Waals surface area contributed by atoms with Gasteiger partial charge in [0.15, 0.2) is 11.6 Å². The summed E-state index contributed by atoms with van der Waals surface area (Å²) in [4.78, 5) is 16.9. The lowest BCUT2D eigenvalue weighted by molar-refractivity contribution is 0.0689. The monoisotopic (exact) mass is 233 g/mol. The second-order valence-electron chi connectivity index (χ2n) is 3.91. The number of furan rings is 1. The summed E-state index contributed by atoms with van der Waals surface area (Å²) in [5.41, 5.74) is 0.849. The highest BCUT2D eigenvalue weighted by atomic mass is 16.4. The maximum absolute atomic E-state index is 11.0. The summed E-state index contributed by atoms with van der Waals surface area (Å²) in [6.07, 6.45) is 3.19. The highest BCUT2D eigenvalue weighted by Crippen LogP contribution is 2.22. The number of hydrogen-bond donors (Lipinski definition) is 1. The quantitative estimate of drug-likeness (QED) is 0.843. The number of imidazole rings is 1. The van der Waals surface area contributed by atoms with Crippen LogP contribution in [0, 0.1) is 0 Å².